The van der Waals surface area contributed by atoms with Gasteiger partial charge in [0, 0.05) is 32.7 Å². The lowest BCUT2D eigenvalue weighted by Gasteiger charge is -2.35. The maximum absolute atomic E-state index is 8.72. The lowest BCUT2D eigenvalue weighted by molar-refractivity contribution is 0.247. The van der Waals surface area contributed by atoms with E-state index in [1.54, 1.807) is 6.07 Å². The van der Waals surface area contributed by atoms with Gasteiger partial charge in [0.1, 0.15) is 11.5 Å². The highest BCUT2D eigenvalue weighted by Gasteiger charge is 2.26. The van der Waals surface area contributed by atoms with E-state index in [1.807, 2.05) is 12.1 Å². The Morgan fingerprint density at radius 2 is 2.05 bits per heavy atom. The van der Waals surface area contributed by atoms with E-state index in [2.05, 4.69) is 19.9 Å². The first-order chi connectivity index (χ1) is 9.76. The van der Waals surface area contributed by atoms with Crippen LogP contribution in [0, 0.1) is 5.92 Å². The molecule has 1 aliphatic carbocycles. The van der Waals surface area contributed by atoms with Gasteiger partial charge in [-0.25, -0.2) is 4.98 Å². The van der Waals surface area contributed by atoms with Gasteiger partial charge in [-0.3, -0.25) is 4.90 Å². The number of hydrogen-bond donors (Lipinski definition) is 2. The summed E-state index contributed by atoms with van der Waals surface area (Å²) in [5.41, 5.74) is 6.11. The smallest absolute Gasteiger partial charge is 0.188 e. The SMILES string of the molecule is NC(=NO)c1cccc(N2CCN(CC3CC3)CC2)n1. The van der Waals surface area contributed by atoms with Crippen LogP contribution in [0.1, 0.15) is 18.5 Å². The van der Waals surface area contributed by atoms with E-state index in [0.29, 0.717) is 5.69 Å². The first-order valence-corrected chi connectivity index (χ1v) is 7.18. The molecule has 2 fully saturated rings. The number of nitrogens with two attached hydrogens (primary N) is 1. The number of nitrogens with zero attached hydrogens (tertiary/aromatic N) is 4. The van der Waals surface area contributed by atoms with Crippen molar-refractivity contribution in [1.29, 1.82) is 0 Å². The fraction of sp³-hybridized carbons (Fsp3) is 0.571. The maximum atomic E-state index is 8.72. The molecule has 0 unspecified atom stereocenters. The molecule has 0 bridgehead atoms. The predicted molar refractivity (Wildman–Crippen MR) is 78.1 cm³/mol. The summed E-state index contributed by atoms with van der Waals surface area (Å²) >= 11 is 0. The first-order valence-electron chi connectivity index (χ1n) is 7.18. The van der Waals surface area contributed by atoms with E-state index in [9.17, 15) is 0 Å². The number of hydrogen-bond acceptors (Lipinski definition) is 5. The van der Waals surface area contributed by atoms with Crippen molar-refractivity contribution in [2.75, 3.05) is 37.6 Å². The van der Waals surface area contributed by atoms with Crippen LogP contribution < -0.4 is 10.6 Å². The number of piperazine rings is 1. The van der Waals surface area contributed by atoms with E-state index in [-0.39, 0.29) is 5.84 Å². The van der Waals surface area contributed by atoms with Crippen molar-refractivity contribution in [2.45, 2.75) is 12.8 Å². The molecule has 1 aromatic rings. The maximum Gasteiger partial charge on any atom is 0.188 e. The Labute approximate surface area is 118 Å². The Morgan fingerprint density at radius 1 is 1.30 bits per heavy atom. The van der Waals surface area contributed by atoms with Crippen molar-refractivity contribution in [3.63, 3.8) is 0 Å². The van der Waals surface area contributed by atoms with Crippen LogP contribution in [0.4, 0.5) is 5.82 Å². The van der Waals surface area contributed by atoms with Crippen LogP contribution in [-0.2, 0) is 0 Å². The summed E-state index contributed by atoms with van der Waals surface area (Å²) in [5, 5.41) is 11.7. The summed E-state index contributed by atoms with van der Waals surface area (Å²) in [6, 6.07) is 5.62. The van der Waals surface area contributed by atoms with Crippen LogP contribution in [0.25, 0.3) is 0 Å². The summed E-state index contributed by atoms with van der Waals surface area (Å²) in [5.74, 6) is 1.91. The van der Waals surface area contributed by atoms with Crippen LogP contribution in [-0.4, -0.2) is 53.7 Å². The molecule has 6 heteroatoms. The van der Waals surface area contributed by atoms with Crippen molar-refractivity contribution in [3.8, 4) is 0 Å². The average Bonchev–Trinajstić information content (AvgIpc) is 3.31. The number of oxime groups is 1. The summed E-state index contributed by atoms with van der Waals surface area (Å²) in [4.78, 5) is 9.26. The van der Waals surface area contributed by atoms with Gasteiger partial charge in [-0.15, -0.1) is 0 Å². The number of rotatable bonds is 4. The van der Waals surface area contributed by atoms with Gasteiger partial charge in [-0.05, 0) is 30.9 Å². The molecule has 1 saturated heterocycles. The van der Waals surface area contributed by atoms with Crippen LogP contribution in [0.5, 0.6) is 0 Å². The summed E-state index contributed by atoms with van der Waals surface area (Å²) in [6.45, 7) is 5.40. The van der Waals surface area contributed by atoms with Gasteiger partial charge in [0.2, 0.25) is 0 Å². The Bertz CT molecular complexity index is 492. The molecule has 2 heterocycles. The summed E-state index contributed by atoms with van der Waals surface area (Å²) in [7, 11) is 0. The molecular weight excluding hydrogens is 254 g/mol. The van der Waals surface area contributed by atoms with Gasteiger partial charge in [0.25, 0.3) is 0 Å². The number of amidine groups is 1. The first kappa shape index (κ1) is 13.2. The molecule has 6 nitrogen and oxygen atoms in total. The van der Waals surface area contributed by atoms with Gasteiger partial charge in [0.05, 0.1) is 0 Å². The van der Waals surface area contributed by atoms with Gasteiger partial charge < -0.3 is 15.8 Å². The minimum Gasteiger partial charge on any atom is -0.409 e. The van der Waals surface area contributed by atoms with E-state index in [4.69, 9.17) is 10.9 Å². The van der Waals surface area contributed by atoms with Crippen LogP contribution in [0.3, 0.4) is 0 Å². The molecule has 1 aliphatic heterocycles. The van der Waals surface area contributed by atoms with E-state index in [1.165, 1.54) is 19.4 Å². The minimum absolute atomic E-state index is 0.0548. The highest BCUT2D eigenvalue weighted by atomic mass is 16.4. The zero-order valence-corrected chi connectivity index (χ0v) is 11.6. The zero-order chi connectivity index (χ0) is 13.9. The molecule has 2 aliphatic rings. The molecule has 0 radical (unpaired) electrons. The van der Waals surface area contributed by atoms with Crippen molar-refractivity contribution >= 4 is 11.7 Å². The number of pyridine rings is 1. The highest BCUT2D eigenvalue weighted by Crippen LogP contribution is 2.30. The highest BCUT2D eigenvalue weighted by molar-refractivity contribution is 5.95. The van der Waals surface area contributed by atoms with Crippen molar-refractivity contribution in [1.82, 2.24) is 9.88 Å². The standard InChI is InChI=1S/C14H21N5O/c15-14(17-20)12-2-1-3-13(16-12)19-8-6-18(7-9-19)10-11-4-5-11/h1-3,11,20H,4-10H2,(H2,15,17). The van der Waals surface area contributed by atoms with Crippen LogP contribution in [0.2, 0.25) is 0 Å². The fourth-order valence-electron chi connectivity index (χ4n) is 2.62. The van der Waals surface area contributed by atoms with Gasteiger partial charge >= 0.3 is 0 Å². The van der Waals surface area contributed by atoms with Crippen LogP contribution >= 0.6 is 0 Å². The van der Waals surface area contributed by atoms with E-state index < -0.39 is 0 Å². The largest absolute Gasteiger partial charge is 0.409 e. The molecule has 0 spiro atoms. The molecule has 3 rings (SSSR count). The normalized spacial score (nSPS) is 21.2. The summed E-state index contributed by atoms with van der Waals surface area (Å²) < 4.78 is 0. The molecular formula is C14H21N5O. The molecule has 0 amide bonds. The lowest BCUT2D eigenvalue weighted by atomic mass is 10.2. The summed E-state index contributed by atoms with van der Waals surface area (Å²) in [6.07, 6.45) is 2.81. The molecule has 1 saturated carbocycles. The Kier molecular flexibility index (Phi) is 3.73. The Hall–Kier alpha value is -1.82. The topological polar surface area (TPSA) is 78.0 Å². The zero-order valence-electron chi connectivity index (χ0n) is 11.6. The third-order valence-electron chi connectivity index (χ3n) is 4.01. The third-order valence-corrected chi connectivity index (χ3v) is 4.01. The molecule has 0 aromatic carbocycles. The number of aromatic nitrogens is 1. The van der Waals surface area contributed by atoms with Gasteiger partial charge in [-0.1, -0.05) is 11.2 Å². The lowest BCUT2D eigenvalue weighted by Crippen LogP contribution is -2.47. The second kappa shape index (κ2) is 5.66. The molecule has 108 valence electrons. The molecule has 0 atom stereocenters. The fourth-order valence-corrected chi connectivity index (χ4v) is 2.62. The van der Waals surface area contributed by atoms with Crippen molar-refractivity contribution in [3.05, 3.63) is 23.9 Å². The van der Waals surface area contributed by atoms with Gasteiger partial charge in [-0.2, -0.15) is 0 Å². The second-order valence-corrected chi connectivity index (χ2v) is 5.60. The monoisotopic (exact) mass is 275 g/mol. The molecule has 1 aromatic heterocycles. The van der Waals surface area contributed by atoms with E-state index in [0.717, 1.165) is 37.9 Å². The second-order valence-electron chi connectivity index (χ2n) is 5.60. The Balaban J connectivity index is 1.62. The Morgan fingerprint density at radius 3 is 2.70 bits per heavy atom. The quantitative estimate of drug-likeness (QED) is 0.366. The number of anilines is 1. The average molecular weight is 275 g/mol. The van der Waals surface area contributed by atoms with E-state index >= 15 is 0 Å². The van der Waals surface area contributed by atoms with Gasteiger partial charge in [0.15, 0.2) is 5.84 Å². The third kappa shape index (κ3) is 3.01. The van der Waals surface area contributed by atoms with Crippen LogP contribution in [0.15, 0.2) is 23.4 Å². The predicted octanol–water partition coefficient (Wildman–Crippen LogP) is 0.708. The van der Waals surface area contributed by atoms with Crippen molar-refractivity contribution in [2.24, 2.45) is 16.8 Å². The molecule has 3 N–H and O–H groups in total. The molecule has 20 heavy (non-hydrogen) atoms. The minimum atomic E-state index is 0.0548. The van der Waals surface area contributed by atoms with Crippen molar-refractivity contribution < 1.29 is 5.21 Å².